The zero-order valence-corrected chi connectivity index (χ0v) is 8.30. The summed E-state index contributed by atoms with van der Waals surface area (Å²) in [6.07, 6.45) is -0.596. The zero-order valence-electron chi connectivity index (χ0n) is 8.30. The van der Waals surface area contributed by atoms with E-state index in [1.165, 1.54) is 0 Å². The molecule has 15 heavy (non-hydrogen) atoms. The van der Waals surface area contributed by atoms with Gasteiger partial charge in [-0.2, -0.15) is 0 Å². The van der Waals surface area contributed by atoms with Crippen LogP contribution < -0.4 is 14.6 Å². The summed E-state index contributed by atoms with van der Waals surface area (Å²) in [7, 11) is 0.525. The number of hydrogen-bond acceptors (Lipinski definition) is 5. The largest absolute Gasteiger partial charge is 0.785 e. The predicted octanol–water partition coefficient (Wildman–Crippen LogP) is -0.312. The molecule has 2 rings (SSSR count). The van der Waals surface area contributed by atoms with Gasteiger partial charge in [-0.15, -0.1) is 0 Å². The van der Waals surface area contributed by atoms with Crippen LogP contribution in [0.15, 0.2) is 18.2 Å². The van der Waals surface area contributed by atoms with Gasteiger partial charge in [0.05, 0.1) is 6.10 Å². The molecule has 0 aliphatic carbocycles. The van der Waals surface area contributed by atoms with Gasteiger partial charge in [0, 0.05) is 6.54 Å². The molecule has 1 atom stereocenters. The molecule has 0 fully saturated rings. The highest BCUT2D eigenvalue weighted by Crippen LogP contribution is 2.34. The summed E-state index contributed by atoms with van der Waals surface area (Å²) >= 11 is 0. The van der Waals surface area contributed by atoms with Crippen LogP contribution in [0.5, 0.6) is 11.5 Å². The fraction of sp³-hybridized carbons (Fsp3) is 0.333. The van der Waals surface area contributed by atoms with Crippen molar-refractivity contribution in [3.8, 4) is 11.5 Å². The van der Waals surface area contributed by atoms with Gasteiger partial charge in [0.15, 0.2) is 0 Å². The molecule has 0 amide bonds. The first-order chi connectivity index (χ1) is 7.20. The molecule has 80 valence electrons. The number of hydrogen-bond donors (Lipinski definition) is 3. The van der Waals surface area contributed by atoms with E-state index >= 15 is 0 Å². The minimum atomic E-state index is -1.24. The third-order valence-corrected chi connectivity index (χ3v) is 2.21. The van der Waals surface area contributed by atoms with Crippen LogP contribution in [-0.4, -0.2) is 31.0 Å². The Labute approximate surface area is 87.8 Å². The lowest BCUT2D eigenvalue weighted by atomic mass is 10.1. The average Bonchev–Trinajstić information content (AvgIpc) is 2.57. The molecule has 0 aromatic heterocycles. The molecular formula is C9H12BNO4. The summed E-state index contributed by atoms with van der Waals surface area (Å²) in [6.45, 7) is 0.461. The lowest BCUT2D eigenvalue weighted by Gasteiger charge is -2.10. The molecule has 0 spiro atoms. The van der Waals surface area contributed by atoms with Crippen LogP contribution in [0.25, 0.3) is 0 Å². The number of fused-ring (bicyclic) bond motifs is 1. The van der Waals surface area contributed by atoms with Crippen LogP contribution in [-0.2, 0) is 0 Å². The molecule has 0 saturated carbocycles. The van der Waals surface area contributed by atoms with Gasteiger partial charge >= 0.3 is 7.32 Å². The highest BCUT2D eigenvalue weighted by Gasteiger charge is 2.31. The Kier molecular flexibility index (Phi) is 2.81. The SMILES string of the molecule is CNC[C@H](O)c1ccc2c(c1)OB(O)O2. The van der Waals surface area contributed by atoms with Crippen molar-refractivity contribution in [2.75, 3.05) is 13.6 Å². The topological polar surface area (TPSA) is 71.0 Å². The van der Waals surface area contributed by atoms with Gasteiger partial charge in [-0.3, -0.25) is 0 Å². The van der Waals surface area contributed by atoms with Crippen LogP contribution in [0.1, 0.15) is 11.7 Å². The summed E-state index contributed by atoms with van der Waals surface area (Å²) in [4.78, 5) is 0. The van der Waals surface area contributed by atoms with Gasteiger partial charge in [-0.25, -0.2) is 0 Å². The summed E-state index contributed by atoms with van der Waals surface area (Å²) in [5.74, 6) is 0.943. The first-order valence-corrected chi connectivity index (χ1v) is 4.68. The first kappa shape index (κ1) is 10.3. The Morgan fingerprint density at radius 1 is 1.40 bits per heavy atom. The van der Waals surface area contributed by atoms with E-state index in [0.29, 0.717) is 18.0 Å². The van der Waals surface area contributed by atoms with Crippen molar-refractivity contribution < 1.29 is 19.4 Å². The Balaban J connectivity index is 2.19. The Morgan fingerprint density at radius 2 is 2.13 bits per heavy atom. The molecule has 6 heteroatoms. The van der Waals surface area contributed by atoms with Crippen molar-refractivity contribution in [1.29, 1.82) is 0 Å². The second kappa shape index (κ2) is 4.10. The van der Waals surface area contributed by atoms with Crippen molar-refractivity contribution in [3.63, 3.8) is 0 Å². The minimum absolute atomic E-state index is 0.454. The van der Waals surface area contributed by atoms with E-state index in [2.05, 4.69) is 5.32 Å². The van der Waals surface area contributed by atoms with E-state index in [9.17, 15) is 5.11 Å². The molecule has 0 unspecified atom stereocenters. The van der Waals surface area contributed by atoms with Gasteiger partial charge in [0.2, 0.25) is 0 Å². The standard InChI is InChI=1S/C9H12BNO4/c1-11-5-7(12)6-2-3-8-9(4-6)15-10(13)14-8/h2-4,7,11-13H,5H2,1H3/t7-/m0/s1. The normalized spacial score (nSPS) is 15.5. The van der Waals surface area contributed by atoms with E-state index in [-0.39, 0.29) is 0 Å². The van der Waals surface area contributed by atoms with Gasteiger partial charge in [0.25, 0.3) is 0 Å². The molecule has 1 aliphatic heterocycles. The second-order valence-electron chi connectivity index (χ2n) is 3.32. The maximum absolute atomic E-state index is 9.70. The van der Waals surface area contributed by atoms with Crippen molar-refractivity contribution in [1.82, 2.24) is 5.32 Å². The highest BCUT2D eigenvalue weighted by atomic mass is 16.7. The molecular weight excluding hydrogens is 197 g/mol. The number of likely N-dealkylation sites (N-methyl/N-ethyl adjacent to an activating group) is 1. The Hall–Kier alpha value is -1.24. The first-order valence-electron chi connectivity index (χ1n) is 4.68. The number of benzene rings is 1. The summed E-state index contributed by atoms with van der Waals surface area (Å²) in [5, 5.41) is 21.6. The van der Waals surface area contributed by atoms with Crippen LogP contribution >= 0.6 is 0 Å². The van der Waals surface area contributed by atoms with Crippen LogP contribution in [0.4, 0.5) is 0 Å². The molecule has 0 saturated heterocycles. The fourth-order valence-electron chi connectivity index (χ4n) is 1.47. The maximum atomic E-state index is 9.70. The smallest absolute Gasteiger partial charge is 0.498 e. The third-order valence-electron chi connectivity index (χ3n) is 2.21. The van der Waals surface area contributed by atoms with Gasteiger partial charge in [-0.05, 0) is 24.7 Å². The molecule has 1 aromatic rings. The minimum Gasteiger partial charge on any atom is -0.498 e. The highest BCUT2D eigenvalue weighted by molar-refractivity contribution is 6.38. The lowest BCUT2D eigenvalue weighted by molar-refractivity contribution is 0.177. The van der Waals surface area contributed by atoms with Gasteiger partial charge in [0.1, 0.15) is 11.5 Å². The van der Waals surface area contributed by atoms with Gasteiger partial charge in [-0.1, -0.05) is 6.07 Å². The number of nitrogens with one attached hydrogen (secondary N) is 1. The predicted molar refractivity (Wildman–Crippen MR) is 54.6 cm³/mol. The number of aliphatic hydroxyl groups is 1. The van der Waals surface area contributed by atoms with E-state index in [4.69, 9.17) is 14.3 Å². The number of aliphatic hydroxyl groups excluding tert-OH is 1. The molecule has 1 aromatic carbocycles. The number of rotatable bonds is 3. The van der Waals surface area contributed by atoms with E-state index in [0.717, 1.165) is 5.56 Å². The second-order valence-corrected chi connectivity index (χ2v) is 3.32. The average molecular weight is 209 g/mol. The summed E-state index contributed by atoms with van der Waals surface area (Å²) in [5.41, 5.74) is 0.723. The monoisotopic (exact) mass is 209 g/mol. The van der Waals surface area contributed by atoms with Crippen molar-refractivity contribution in [2.24, 2.45) is 0 Å². The molecule has 0 radical (unpaired) electrons. The summed E-state index contributed by atoms with van der Waals surface area (Å²) in [6, 6.07) is 5.07. The quantitative estimate of drug-likeness (QED) is 0.595. The lowest BCUT2D eigenvalue weighted by Crippen LogP contribution is -2.23. The van der Waals surface area contributed by atoms with E-state index in [1.54, 1.807) is 25.2 Å². The maximum Gasteiger partial charge on any atom is 0.785 e. The van der Waals surface area contributed by atoms with Crippen molar-refractivity contribution in [2.45, 2.75) is 6.10 Å². The molecule has 0 bridgehead atoms. The van der Waals surface area contributed by atoms with Crippen LogP contribution in [0.2, 0.25) is 0 Å². The van der Waals surface area contributed by atoms with E-state index in [1.807, 2.05) is 0 Å². The van der Waals surface area contributed by atoms with Crippen molar-refractivity contribution in [3.05, 3.63) is 23.8 Å². The molecule has 3 N–H and O–H groups in total. The fourth-order valence-corrected chi connectivity index (χ4v) is 1.47. The van der Waals surface area contributed by atoms with Gasteiger partial charge < -0.3 is 24.8 Å². The van der Waals surface area contributed by atoms with Crippen LogP contribution in [0, 0.1) is 0 Å². The van der Waals surface area contributed by atoms with Crippen molar-refractivity contribution >= 4 is 7.32 Å². The summed E-state index contributed by atoms with van der Waals surface area (Å²) < 4.78 is 9.92. The Bertz CT molecular complexity index is 360. The molecule has 1 aliphatic rings. The zero-order chi connectivity index (χ0) is 10.8. The molecule has 5 nitrogen and oxygen atoms in total. The third kappa shape index (κ3) is 2.06. The van der Waals surface area contributed by atoms with Crippen LogP contribution in [0.3, 0.4) is 0 Å². The Morgan fingerprint density at radius 3 is 2.87 bits per heavy atom. The van der Waals surface area contributed by atoms with E-state index < -0.39 is 13.4 Å². The molecule has 1 heterocycles.